The molecule has 0 bridgehead atoms. The Balaban J connectivity index is 1.92. The average molecular weight is 405 g/mol. The number of halogens is 3. The molecular formula is C19H14F3N3O4. The summed E-state index contributed by atoms with van der Waals surface area (Å²) in [5.74, 6) is -2.33. The van der Waals surface area contributed by atoms with Gasteiger partial charge in [-0.15, -0.1) is 0 Å². The SMILES string of the molecule is N#CCC(=O)Nc1ccc(C(=O)OCC(=O)Nc2ccccc2C(F)(F)F)cc1. The van der Waals surface area contributed by atoms with Crippen LogP contribution < -0.4 is 10.6 Å². The van der Waals surface area contributed by atoms with Crippen molar-refractivity contribution in [2.24, 2.45) is 0 Å². The Morgan fingerprint density at radius 2 is 1.62 bits per heavy atom. The van der Waals surface area contributed by atoms with Crippen LogP contribution in [0.15, 0.2) is 48.5 Å². The lowest BCUT2D eigenvalue weighted by molar-refractivity contribution is -0.137. The van der Waals surface area contributed by atoms with E-state index in [4.69, 9.17) is 10.00 Å². The van der Waals surface area contributed by atoms with E-state index in [1.165, 1.54) is 36.4 Å². The number of carbonyl (C=O) groups excluding carboxylic acids is 3. The molecule has 7 nitrogen and oxygen atoms in total. The number of ether oxygens (including phenoxy) is 1. The minimum absolute atomic E-state index is 0.0618. The molecule has 0 fully saturated rings. The van der Waals surface area contributed by atoms with Gasteiger partial charge in [-0.05, 0) is 36.4 Å². The summed E-state index contributed by atoms with van der Waals surface area (Å²) >= 11 is 0. The number of nitrogens with one attached hydrogen (secondary N) is 2. The van der Waals surface area contributed by atoms with Gasteiger partial charge in [0.15, 0.2) is 6.61 Å². The number of esters is 1. The van der Waals surface area contributed by atoms with Crippen LogP contribution in [-0.2, 0) is 20.5 Å². The molecule has 0 unspecified atom stereocenters. The predicted molar refractivity (Wildman–Crippen MR) is 95.7 cm³/mol. The number of carbonyl (C=O) groups is 3. The van der Waals surface area contributed by atoms with Crippen LogP contribution in [0.2, 0.25) is 0 Å². The maximum absolute atomic E-state index is 12.9. The van der Waals surface area contributed by atoms with Crippen LogP contribution in [0.25, 0.3) is 0 Å². The number of hydrogen-bond donors (Lipinski definition) is 2. The van der Waals surface area contributed by atoms with E-state index in [1.54, 1.807) is 6.07 Å². The summed E-state index contributed by atoms with van der Waals surface area (Å²) in [4.78, 5) is 35.1. The maximum atomic E-state index is 12.9. The Bertz CT molecular complexity index is 950. The first kappa shape index (κ1) is 21.4. The van der Waals surface area contributed by atoms with Crippen LogP contribution in [0.5, 0.6) is 0 Å². The molecule has 2 rings (SSSR count). The zero-order chi connectivity index (χ0) is 21.4. The van der Waals surface area contributed by atoms with Gasteiger partial charge < -0.3 is 15.4 Å². The topological polar surface area (TPSA) is 108 Å². The Labute approximate surface area is 163 Å². The zero-order valence-corrected chi connectivity index (χ0v) is 14.7. The molecular weight excluding hydrogens is 391 g/mol. The lowest BCUT2D eigenvalue weighted by Crippen LogP contribution is -2.22. The summed E-state index contributed by atoms with van der Waals surface area (Å²) in [6.45, 7) is -0.786. The molecule has 0 heterocycles. The summed E-state index contributed by atoms with van der Waals surface area (Å²) < 4.78 is 43.5. The van der Waals surface area contributed by atoms with E-state index in [1.807, 2.05) is 0 Å². The number of hydrogen-bond acceptors (Lipinski definition) is 5. The third-order valence-corrected chi connectivity index (χ3v) is 3.48. The van der Waals surface area contributed by atoms with Crippen molar-refractivity contribution in [2.45, 2.75) is 12.6 Å². The number of para-hydroxylation sites is 1. The molecule has 0 saturated heterocycles. The minimum atomic E-state index is -4.65. The summed E-state index contributed by atoms with van der Waals surface area (Å²) in [5, 5.41) is 12.9. The Kier molecular flexibility index (Phi) is 6.92. The van der Waals surface area contributed by atoms with Gasteiger partial charge in [-0.25, -0.2) is 4.79 Å². The molecule has 0 saturated carbocycles. The fourth-order valence-corrected chi connectivity index (χ4v) is 2.21. The molecule has 150 valence electrons. The summed E-state index contributed by atoms with van der Waals surface area (Å²) in [6, 6.07) is 11.5. The molecule has 0 aliphatic heterocycles. The molecule has 2 aromatic carbocycles. The Morgan fingerprint density at radius 3 is 2.24 bits per heavy atom. The van der Waals surface area contributed by atoms with Gasteiger partial charge in [0.25, 0.3) is 5.91 Å². The van der Waals surface area contributed by atoms with Gasteiger partial charge in [0.1, 0.15) is 6.42 Å². The average Bonchev–Trinajstić information content (AvgIpc) is 2.66. The number of rotatable bonds is 6. The Morgan fingerprint density at radius 1 is 0.966 bits per heavy atom. The van der Waals surface area contributed by atoms with Crippen molar-refractivity contribution < 1.29 is 32.3 Å². The number of nitrogens with zero attached hydrogens (tertiary/aromatic N) is 1. The van der Waals surface area contributed by atoms with E-state index in [2.05, 4.69) is 10.6 Å². The fourth-order valence-electron chi connectivity index (χ4n) is 2.21. The Hall–Kier alpha value is -3.87. The lowest BCUT2D eigenvalue weighted by Gasteiger charge is -2.13. The van der Waals surface area contributed by atoms with Crippen molar-refractivity contribution in [2.75, 3.05) is 17.2 Å². The van der Waals surface area contributed by atoms with Crippen LogP contribution in [-0.4, -0.2) is 24.4 Å². The molecule has 0 radical (unpaired) electrons. The lowest BCUT2D eigenvalue weighted by atomic mass is 10.1. The molecule has 0 aliphatic rings. The van der Waals surface area contributed by atoms with Crippen LogP contribution >= 0.6 is 0 Å². The second-order valence-corrected chi connectivity index (χ2v) is 5.63. The number of alkyl halides is 3. The molecule has 0 aliphatic carbocycles. The van der Waals surface area contributed by atoms with Crippen molar-refractivity contribution >= 4 is 29.2 Å². The van der Waals surface area contributed by atoms with Gasteiger partial charge in [0, 0.05) is 5.69 Å². The van der Waals surface area contributed by atoms with Gasteiger partial charge in [0.2, 0.25) is 5.91 Å². The van der Waals surface area contributed by atoms with E-state index < -0.39 is 41.8 Å². The third-order valence-electron chi connectivity index (χ3n) is 3.48. The third kappa shape index (κ3) is 6.35. The van der Waals surface area contributed by atoms with E-state index >= 15 is 0 Å². The largest absolute Gasteiger partial charge is 0.452 e. The van der Waals surface area contributed by atoms with E-state index in [-0.39, 0.29) is 12.0 Å². The summed E-state index contributed by atoms with van der Waals surface area (Å²) in [7, 11) is 0. The molecule has 29 heavy (non-hydrogen) atoms. The fraction of sp³-hybridized carbons (Fsp3) is 0.158. The normalized spacial score (nSPS) is 10.6. The van der Waals surface area contributed by atoms with Crippen molar-refractivity contribution in [3.8, 4) is 6.07 Å². The maximum Gasteiger partial charge on any atom is 0.418 e. The van der Waals surface area contributed by atoms with Crippen molar-refractivity contribution in [3.05, 3.63) is 59.7 Å². The predicted octanol–water partition coefficient (Wildman–Crippen LogP) is 3.35. The van der Waals surface area contributed by atoms with Gasteiger partial charge in [0.05, 0.1) is 22.9 Å². The highest BCUT2D eigenvalue weighted by molar-refractivity contribution is 5.96. The van der Waals surface area contributed by atoms with Crippen LogP contribution in [0.1, 0.15) is 22.3 Å². The van der Waals surface area contributed by atoms with Crippen LogP contribution in [0.4, 0.5) is 24.5 Å². The number of benzene rings is 2. The van der Waals surface area contributed by atoms with Crippen molar-refractivity contribution in [1.29, 1.82) is 5.26 Å². The number of anilines is 2. The smallest absolute Gasteiger partial charge is 0.418 e. The van der Waals surface area contributed by atoms with Gasteiger partial charge in [-0.2, -0.15) is 18.4 Å². The highest BCUT2D eigenvalue weighted by Crippen LogP contribution is 2.34. The highest BCUT2D eigenvalue weighted by atomic mass is 19.4. The zero-order valence-electron chi connectivity index (χ0n) is 14.7. The van der Waals surface area contributed by atoms with Gasteiger partial charge in [-0.3, -0.25) is 9.59 Å². The molecule has 2 amide bonds. The molecule has 10 heteroatoms. The van der Waals surface area contributed by atoms with Crippen LogP contribution in [0.3, 0.4) is 0 Å². The monoisotopic (exact) mass is 405 g/mol. The van der Waals surface area contributed by atoms with E-state index in [9.17, 15) is 27.6 Å². The second-order valence-electron chi connectivity index (χ2n) is 5.63. The standard InChI is InChI=1S/C19H14F3N3O4/c20-19(21,22)14-3-1-2-4-15(14)25-17(27)11-29-18(28)12-5-7-13(8-6-12)24-16(26)9-10-23/h1-8H,9,11H2,(H,24,26)(H,25,27). The first-order valence-corrected chi connectivity index (χ1v) is 8.11. The molecule has 2 N–H and O–H groups in total. The van der Waals surface area contributed by atoms with Gasteiger partial charge in [-0.1, -0.05) is 12.1 Å². The second kappa shape index (κ2) is 9.36. The quantitative estimate of drug-likeness (QED) is 0.717. The molecule has 0 aromatic heterocycles. The molecule has 2 aromatic rings. The van der Waals surface area contributed by atoms with Crippen molar-refractivity contribution in [3.63, 3.8) is 0 Å². The highest BCUT2D eigenvalue weighted by Gasteiger charge is 2.33. The first-order chi connectivity index (χ1) is 13.7. The van der Waals surface area contributed by atoms with Crippen LogP contribution in [0, 0.1) is 11.3 Å². The van der Waals surface area contributed by atoms with Crippen molar-refractivity contribution in [1.82, 2.24) is 0 Å². The number of nitriles is 1. The molecule has 0 spiro atoms. The van der Waals surface area contributed by atoms with E-state index in [0.29, 0.717) is 5.69 Å². The number of amides is 2. The summed E-state index contributed by atoms with van der Waals surface area (Å²) in [5.41, 5.74) is -1.05. The molecule has 0 atom stereocenters. The summed E-state index contributed by atoms with van der Waals surface area (Å²) in [6.07, 6.45) is -4.97. The first-order valence-electron chi connectivity index (χ1n) is 8.11. The van der Waals surface area contributed by atoms with E-state index in [0.717, 1.165) is 12.1 Å². The van der Waals surface area contributed by atoms with Gasteiger partial charge >= 0.3 is 12.1 Å². The minimum Gasteiger partial charge on any atom is -0.452 e.